The molecule has 1 aromatic carbocycles. The molecule has 3 nitrogen and oxygen atoms in total. The summed E-state index contributed by atoms with van der Waals surface area (Å²) in [4.78, 5) is 0. The molecular weight excluding hydrogens is 291 g/mol. The molecule has 0 aliphatic heterocycles. The lowest BCUT2D eigenvalue weighted by Crippen LogP contribution is -1.99. The zero-order valence-electron chi connectivity index (χ0n) is 11.7. The van der Waals surface area contributed by atoms with Crippen LogP contribution in [0.2, 0.25) is 0 Å². The van der Waals surface area contributed by atoms with Crippen LogP contribution in [0, 0.1) is 0 Å². The number of rotatable bonds is 7. The highest BCUT2D eigenvalue weighted by molar-refractivity contribution is 7.53. The first-order valence-electron chi connectivity index (χ1n) is 6.66. The van der Waals surface area contributed by atoms with Gasteiger partial charge in [0, 0.05) is 0 Å². The lowest BCUT2D eigenvalue weighted by molar-refractivity contribution is 0.219. The van der Waals surface area contributed by atoms with Gasteiger partial charge in [0.05, 0.1) is 19.4 Å². The second-order valence-electron chi connectivity index (χ2n) is 4.32. The molecule has 2 rings (SSSR count). The van der Waals surface area contributed by atoms with Crippen LogP contribution in [0.25, 0.3) is 11.1 Å². The predicted octanol–water partition coefficient (Wildman–Crippen LogP) is 5.18. The van der Waals surface area contributed by atoms with Crippen LogP contribution in [0.3, 0.4) is 0 Å². The van der Waals surface area contributed by atoms with E-state index in [0.29, 0.717) is 19.4 Å². The van der Waals surface area contributed by atoms with Gasteiger partial charge in [0.15, 0.2) is 0 Å². The summed E-state index contributed by atoms with van der Waals surface area (Å²) in [6, 6.07) is 10.1. The molecule has 0 unspecified atom stereocenters. The first-order chi connectivity index (χ1) is 9.67. The van der Waals surface area contributed by atoms with Crippen LogP contribution in [0.5, 0.6) is 0 Å². The van der Waals surface area contributed by atoms with Crippen LogP contribution < -0.4 is 0 Å². The molecule has 2 aromatic rings. The lowest BCUT2D eigenvalue weighted by atomic mass is 10.1. The predicted molar refractivity (Wildman–Crippen MR) is 84.3 cm³/mol. The maximum Gasteiger partial charge on any atom is 0.335 e. The van der Waals surface area contributed by atoms with Crippen LogP contribution in [0.15, 0.2) is 41.1 Å². The molecule has 1 aromatic heterocycles. The average molecular weight is 310 g/mol. The van der Waals surface area contributed by atoms with Crippen molar-refractivity contribution >= 4 is 18.9 Å². The molecule has 20 heavy (non-hydrogen) atoms. The molecule has 5 heteroatoms. The van der Waals surface area contributed by atoms with E-state index in [0.717, 1.165) is 11.1 Å². The first-order valence-corrected chi connectivity index (χ1v) is 9.33. The Morgan fingerprint density at radius 3 is 2.45 bits per heavy atom. The zero-order chi connectivity index (χ0) is 14.4. The smallest absolute Gasteiger partial charge is 0.309 e. The van der Waals surface area contributed by atoms with E-state index in [1.165, 1.54) is 5.56 Å². The molecule has 0 saturated carbocycles. The van der Waals surface area contributed by atoms with Gasteiger partial charge < -0.3 is 9.05 Å². The molecule has 0 fully saturated rings. The summed E-state index contributed by atoms with van der Waals surface area (Å²) in [5.74, 6) is 0. The molecule has 0 aliphatic rings. The monoisotopic (exact) mass is 310 g/mol. The molecule has 0 spiro atoms. The zero-order valence-corrected chi connectivity index (χ0v) is 13.5. The van der Waals surface area contributed by atoms with Crippen molar-refractivity contribution in [2.24, 2.45) is 0 Å². The van der Waals surface area contributed by atoms with Crippen LogP contribution in [-0.4, -0.2) is 13.2 Å². The van der Waals surface area contributed by atoms with E-state index < -0.39 is 7.60 Å². The summed E-state index contributed by atoms with van der Waals surface area (Å²) in [5, 5.41) is 4.15. The van der Waals surface area contributed by atoms with Gasteiger partial charge in [-0.3, -0.25) is 4.57 Å². The Morgan fingerprint density at radius 1 is 1.10 bits per heavy atom. The number of benzene rings is 1. The molecule has 0 aliphatic carbocycles. The van der Waals surface area contributed by atoms with Gasteiger partial charge in [-0.05, 0) is 47.4 Å². The third-order valence-corrected chi connectivity index (χ3v) is 5.55. The Morgan fingerprint density at radius 2 is 1.85 bits per heavy atom. The van der Waals surface area contributed by atoms with E-state index in [4.69, 9.17) is 9.05 Å². The second-order valence-corrected chi connectivity index (χ2v) is 7.15. The fourth-order valence-electron chi connectivity index (χ4n) is 2.02. The standard InChI is InChI=1S/C15H19O3PS/c1-3-17-19(16,18-4-2)11-13-6-5-7-14(10-13)15-8-9-20-12-15/h5-10,12H,3-4,11H2,1-2H3. The lowest BCUT2D eigenvalue weighted by Gasteiger charge is -2.17. The van der Waals surface area contributed by atoms with E-state index in [1.807, 2.05) is 37.4 Å². The SMILES string of the molecule is CCOP(=O)(Cc1cccc(-c2ccsc2)c1)OCC. The summed E-state index contributed by atoms with van der Waals surface area (Å²) >= 11 is 1.67. The van der Waals surface area contributed by atoms with Gasteiger partial charge in [0.1, 0.15) is 0 Å². The molecule has 0 N–H and O–H groups in total. The van der Waals surface area contributed by atoms with Crippen molar-refractivity contribution < 1.29 is 13.6 Å². The normalized spacial score (nSPS) is 11.7. The highest BCUT2D eigenvalue weighted by atomic mass is 32.1. The summed E-state index contributed by atoms with van der Waals surface area (Å²) in [5.41, 5.74) is 3.28. The first kappa shape index (κ1) is 15.5. The minimum Gasteiger partial charge on any atom is -0.309 e. The maximum absolute atomic E-state index is 12.5. The highest BCUT2D eigenvalue weighted by Gasteiger charge is 2.24. The minimum atomic E-state index is -3.04. The minimum absolute atomic E-state index is 0.312. The van der Waals surface area contributed by atoms with Crippen molar-refractivity contribution in [3.63, 3.8) is 0 Å². The summed E-state index contributed by atoms with van der Waals surface area (Å²) in [7, 11) is -3.04. The molecule has 0 amide bonds. The van der Waals surface area contributed by atoms with E-state index >= 15 is 0 Å². The van der Waals surface area contributed by atoms with Crippen LogP contribution in [0.4, 0.5) is 0 Å². The Labute approximate surface area is 124 Å². The van der Waals surface area contributed by atoms with Gasteiger partial charge in [-0.2, -0.15) is 11.3 Å². The Kier molecular flexibility index (Phi) is 5.55. The fraction of sp³-hybridized carbons (Fsp3) is 0.333. The summed E-state index contributed by atoms with van der Waals surface area (Å²) in [6.07, 6.45) is 0.312. The van der Waals surface area contributed by atoms with Crippen molar-refractivity contribution in [1.82, 2.24) is 0 Å². The third kappa shape index (κ3) is 4.03. The molecule has 108 valence electrons. The van der Waals surface area contributed by atoms with Crippen molar-refractivity contribution in [3.8, 4) is 11.1 Å². The number of hydrogen-bond acceptors (Lipinski definition) is 4. The van der Waals surface area contributed by atoms with Crippen molar-refractivity contribution in [1.29, 1.82) is 0 Å². The van der Waals surface area contributed by atoms with Crippen molar-refractivity contribution in [2.75, 3.05) is 13.2 Å². The third-order valence-electron chi connectivity index (χ3n) is 2.81. The summed E-state index contributed by atoms with van der Waals surface area (Å²) in [6.45, 7) is 4.43. The van der Waals surface area contributed by atoms with E-state index in [9.17, 15) is 4.57 Å². The Balaban J connectivity index is 2.20. The van der Waals surface area contributed by atoms with Crippen LogP contribution in [-0.2, 0) is 19.8 Å². The number of thiophene rings is 1. The summed E-state index contributed by atoms with van der Waals surface area (Å²) < 4.78 is 23.2. The molecule has 0 bridgehead atoms. The van der Waals surface area contributed by atoms with Crippen molar-refractivity contribution in [3.05, 3.63) is 46.7 Å². The van der Waals surface area contributed by atoms with Crippen molar-refractivity contribution in [2.45, 2.75) is 20.0 Å². The Bertz CT molecular complexity index is 571. The molecule has 0 radical (unpaired) electrons. The second kappa shape index (κ2) is 7.19. The molecule has 0 saturated heterocycles. The van der Waals surface area contributed by atoms with E-state index in [1.54, 1.807) is 11.3 Å². The van der Waals surface area contributed by atoms with Gasteiger partial charge in [0.2, 0.25) is 0 Å². The van der Waals surface area contributed by atoms with Crippen LogP contribution in [0.1, 0.15) is 19.4 Å². The fourth-order valence-corrected chi connectivity index (χ4v) is 4.38. The quantitative estimate of drug-likeness (QED) is 0.661. The van der Waals surface area contributed by atoms with Gasteiger partial charge >= 0.3 is 7.60 Å². The average Bonchev–Trinajstić information content (AvgIpc) is 2.93. The van der Waals surface area contributed by atoms with Gasteiger partial charge in [-0.25, -0.2) is 0 Å². The molecule has 0 atom stereocenters. The Hall–Kier alpha value is -0.930. The number of hydrogen-bond donors (Lipinski definition) is 0. The van der Waals surface area contributed by atoms with Gasteiger partial charge in [-0.15, -0.1) is 0 Å². The van der Waals surface area contributed by atoms with Crippen LogP contribution >= 0.6 is 18.9 Å². The van der Waals surface area contributed by atoms with E-state index in [-0.39, 0.29) is 0 Å². The van der Waals surface area contributed by atoms with Gasteiger partial charge in [0.25, 0.3) is 0 Å². The van der Waals surface area contributed by atoms with Gasteiger partial charge in [-0.1, -0.05) is 24.3 Å². The van der Waals surface area contributed by atoms with E-state index in [2.05, 4.69) is 17.5 Å². The highest BCUT2D eigenvalue weighted by Crippen LogP contribution is 2.51. The largest absolute Gasteiger partial charge is 0.335 e. The maximum atomic E-state index is 12.5. The molecular formula is C15H19O3PS. The molecule has 1 heterocycles. The topological polar surface area (TPSA) is 35.5 Å².